The van der Waals surface area contributed by atoms with Gasteiger partial charge in [-0.15, -0.1) is 0 Å². The number of rotatable bonds is 27. The molecule has 0 unspecified atom stereocenters. The van der Waals surface area contributed by atoms with Gasteiger partial charge in [-0.2, -0.15) is 0 Å². The molecule has 1 nitrogen and oxygen atoms in total. The molecule has 0 saturated carbocycles. The maximum absolute atomic E-state index is 5.10. The van der Waals surface area contributed by atoms with Gasteiger partial charge in [0.15, 0.2) is 5.05 Å². The molecule has 0 aromatic carbocycles. The Morgan fingerprint density at radius 3 is 1.00 bits per heavy atom. The summed E-state index contributed by atoms with van der Waals surface area (Å²) < 4.78 is 5.09. The average molecular weight is 467 g/mol. The Bertz CT molecular complexity index is 379. The van der Waals surface area contributed by atoms with Crippen LogP contribution in [0.25, 0.3) is 0 Å². The van der Waals surface area contributed by atoms with Crippen LogP contribution >= 0.6 is 12.2 Å². The molecular formula is C30H58OS. The molecule has 0 aliphatic heterocycles. The van der Waals surface area contributed by atoms with E-state index in [1.165, 1.54) is 160 Å². The molecule has 0 aliphatic rings. The average Bonchev–Trinajstić information content (AvgIpc) is 2.79. The van der Waals surface area contributed by atoms with Gasteiger partial charge >= 0.3 is 0 Å². The fourth-order valence-electron chi connectivity index (χ4n) is 4.56. The van der Waals surface area contributed by atoms with Crippen LogP contribution < -0.4 is 0 Å². The lowest BCUT2D eigenvalue weighted by atomic mass is 10.0. The number of hydrogen-bond donors (Lipinski definition) is 0. The van der Waals surface area contributed by atoms with Crippen LogP contribution in [0.4, 0.5) is 0 Å². The van der Waals surface area contributed by atoms with Gasteiger partial charge in [-0.3, -0.25) is 0 Å². The predicted molar refractivity (Wildman–Crippen MR) is 150 cm³/mol. The van der Waals surface area contributed by atoms with E-state index in [4.69, 9.17) is 17.0 Å². The van der Waals surface area contributed by atoms with Crippen molar-refractivity contribution in [1.82, 2.24) is 0 Å². The van der Waals surface area contributed by atoms with Crippen LogP contribution in [0.1, 0.15) is 174 Å². The molecule has 2 heteroatoms. The van der Waals surface area contributed by atoms with Crippen molar-refractivity contribution in [3.05, 3.63) is 12.8 Å². The van der Waals surface area contributed by atoms with Crippen LogP contribution in [0.5, 0.6) is 0 Å². The van der Waals surface area contributed by atoms with E-state index in [0.29, 0.717) is 5.05 Å². The maximum Gasteiger partial charge on any atom is 0.166 e. The van der Waals surface area contributed by atoms with Crippen molar-refractivity contribution in [2.45, 2.75) is 174 Å². The number of thiocarbonyl (C=S) groups is 1. The topological polar surface area (TPSA) is 9.23 Å². The van der Waals surface area contributed by atoms with E-state index in [9.17, 15) is 0 Å². The van der Waals surface area contributed by atoms with Crippen molar-refractivity contribution in [3.63, 3.8) is 0 Å². The predicted octanol–water partition coefficient (Wildman–Crippen LogP) is 11.6. The fourth-order valence-corrected chi connectivity index (χ4v) is 4.77. The van der Waals surface area contributed by atoms with Crippen LogP contribution in [0.15, 0.2) is 12.8 Å². The van der Waals surface area contributed by atoms with Crippen molar-refractivity contribution in [2.24, 2.45) is 0 Å². The smallest absolute Gasteiger partial charge is 0.166 e. The molecule has 0 heterocycles. The van der Waals surface area contributed by atoms with Gasteiger partial charge < -0.3 is 4.74 Å². The van der Waals surface area contributed by atoms with Crippen LogP contribution in [0.3, 0.4) is 0 Å². The van der Waals surface area contributed by atoms with Crippen molar-refractivity contribution >= 4 is 17.3 Å². The number of hydrogen-bond acceptors (Lipinski definition) is 2. The Hall–Kier alpha value is -0.370. The first kappa shape index (κ1) is 31.6. The maximum atomic E-state index is 5.10. The van der Waals surface area contributed by atoms with E-state index >= 15 is 0 Å². The highest BCUT2D eigenvalue weighted by Crippen LogP contribution is 2.16. The summed E-state index contributed by atoms with van der Waals surface area (Å²) in [6, 6.07) is 0. The lowest BCUT2D eigenvalue weighted by Gasteiger charge is -2.04. The van der Waals surface area contributed by atoms with E-state index < -0.39 is 0 Å². The normalized spacial score (nSPS) is 11.0. The van der Waals surface area contributed by atoms with E-state index in [-0.39, 0.29) is 0 Å². The first-order chi connectivity index (χ1) is 15.8. The third-order valence-electron chi connectivity index (χ3n) is 6.70. The molecule has 0 bridgehead atoms. The van der Waals surface area contributed by atoms with Gasteiger partial charge in [0.05, 0.1) is 6.26 Å². The molecule has 32 heavy (non-hydrogen) atoms. The van der Waals surface area contributed by atoms with Gasteiger partial charge in [0.1, 0.15) is 0 Å². The second-order valence-electron chi connectivity index (χ2n) is 9.89. The SMILES string of the molecule is C=COC(=S)CCCCCCCCCCCCCCCCCCCCCCCCCCC. The molecular weight excluding hydrogens is 408 g/mol. The molecule has 0 aromatic rings. The summed E-state index contributed by atoms with van der Waals surface area (Å²) in [7, 11) is 0. The van der Waals surface area contributed by atoms with Crippen molar-refractivity contribution in [3.8, 4) is 0 Å². The standard InChI is InChI=1S/C30H58OS/c1-3-5-6-7-8-9-10-11-12-13-14-15-16-17-18-19-20-21-22-23-24-25-26-27-28-29-30(32)31-4-2/h4H,2-3,5-29H2,1H3. The Morgan fingerprint density at radius 2 is 0.750 bits per heavy atom. The van der Waals surface area contributed by atoms with Gasteiger partial charge in [0.2, 0.25) is 0 Å². The molecule has 190 valence electrons. The second kappa shape index (κ2) is 28.7. The Balaban J connectivity index is 3.04. The highest BCUT2D eigenvalue weighted by atomic mass is 32.1. The first-order valence-corrected chi connectivity index (χ1v) is 15.0. The van der Waals surface area contributed by atoms with Crippen molar-refractivity contribution < 1.29 is 4.74 Å². The molecule has 0 saturated heterocycles. The van der Waals surface area contributed by atoms with Crippen LogP contribution in [0, 0.1) is 0 Å². The summed E-state index contributed by atoms with van der Waals surface area (Å²) in [5, 5.41) is 0.689. The third kappa shape index (κ3) is 27.7. The van der Waals surface area contributed by atoms with Gasteiger partial charge in [0, 0.05) is 6.42 Å². The van der Waals surface area contributed by atoms with Gasteiger partial charge in [0.25, 0.3) is 0 Å². The highest BCUT2D eigenvalue weighted by molar-refractivity contribution is 7.80. The molecule has 0 aliphatic carbocycles. The van der Waals surface area contributed by atoms with Crippen molar-refractivity contribution in [1.29, 1.82) is 0 Å². The molecule has 0 fully saturated rings. The first-order valence-electron chi connectivity index (χ1n) is 14.6. The Labute approximate surface area is 208 Å². The lowest BCUT2D eigenvalue weighted by Crippen LogP contribution is -1.95. The zero-order valence-electron chi connectivity index (χ0n) is 22.0. The zero-order chi connectivity index (χ0) is 23.4. The fraction of sp³-hybridized carbons (Fsp3) is 0.900. The van der Waals surface area contributed by atoms with E-state index in [1.807, 2.05) is 0 Å². The summed E-state index contributed by atoms with van der Waals surface area (Å²) in [6.45, 7) is 5.83. The third-order valence-corrected chi connectivity index (χ3v) is 7.00. The minimum absolute atomic E-state index is 0.689. The molecule has 0 rings (SSSR count). The van der Waals surface area contributed by atoms with Crippen LogP contribution in [-0.4, -0.2) is 5.05 Å². The van der Waals surface area contributed by atoms with Crippen molar-refractivity contribution in [2.75, 3.05) is 0 Å². The molecule has 0 amide bonds. The lowest BCUT2D eigenvalue weighted by molar-refractivity contribution is 0.465. The molecule has 0 radical (unpaired) electrons. The summed E-state index contributed by atoms with van der Waals surface area (Å²) in [5.41, 5.74) is 0. The second-order valence-corrected chi connectivity index (χ2v) is 10.3. The molecule has 0 atom stereocenters. The molecule has 0 spiro atoms. The minimum Gasteiger partial charge on any atom is -0.459 e. The number of ether oxygens (including phenoxy) is 1. The van der Waals surface area contributed by atoms with E-state index in [2.05, 4.69) is 13.5 Å². The highest BCUT2D eigenvalue weighted by Gasteiger charge is 1.98. The van der Waals surface area contributed by atoms with E-state index in [0.717, 1.165) is 12.8 Å². The zero-order valence-corrected chi connectivity index (χ0v) is 22.8. The largest absolute Gasteiger partial charge is 0.459 e. The summed E-state index contributed by atoms with van der Waals surface area (Å²) >= 11 is 5.10. The summed E-state index contributed by atoms with van der Waals surface area (Å²) in [4.78, 5) is 0. The van der Waals surface area contributed by atoms with Gasteiger partial charge in [-0.1, -0.05) is 168 Å². The van der Waals surface area contributed by atoms with Crippen LogP contribution in [-0.2, 0) is 4.74 Å². The van der Waals surface area contributed by atoms with Crippen LogP contribution in [0.2, 0.25) is 0 Å². The molecule has 0 aromatic heterocycles. The number of unbranched alkanes of at least 4 members (excludes halogenated alkanes) is 24. The Morgan fingerprint density at radius 1 is 0.500 bits per heavy atom. The summed E-state index contributed by atoms with van der Waals surface area (Å²) in [5.74, 6) is 0. The van der Waals surface area contributed by atoms with E-state index in [1.54, 1.807) is 0 Å². The summed E-state index contributed by atoms with van der Waals surface area (Å²) in [6.07, 6.45) is 38.1. The molecule has 0 N–H and O–H groups in total. The quantitative estimate of drug-likeness (QED) is 0.0676. The Kier molecular flexibility index (Phi) is 28.3. The monoisotopic (exact) mass is 466 g/mol. The van der Waals surface area contributed by atoms with Gasteiger partial charge in [-0.05, 0) is 18.6 Å². The minimum atomic E-state index is 0.689. The van der Waals surface area contributed by atoms with Gasteiger partial charge in [-0.25, -0.2) is 0 Å².